The molecule has 0 atom stereocenters. The minimum Gasteiger partial charge on any atom is -0.854 e. The Morgan fingerprint density at radius 2 is 1.67 bits per heavy atom. The monoisotopic (exact) mass is 105 g/mol. The molecule has 0 amide bonds. The van der Waals surface area contributed by atoms with E-state index in [4.69, 9.17) is 0 Å². The van der Waals surface area contributed by atoms with Gasteiger partial charge in [-0.15, -0.1) is 6.61 Å². The van der Waals surface area contributed by atoms with Crippen LogP contribution in [0.2, 0.25) is 0 Å². The van der Waals surface area contributed by atoms with Gasteiger partial charge in [-0.2, -0.15) is 0 Å². The summed E-state index contributed by atoms with van der Waals surface area (Å²) in [6.07, 6.45) is 0.764. The van der Waals surface area contributed by atoms with Gasteiger partial charge in [-0.05, 0) is 0 Å². The van der Waals surface area contributed by atoms with Crippen molar-refractivity contribution in [3.63, 3.8) is 0 Å². The smallest absolute Gasteiger partial charge is 0.854 e. The molecular formula is C3H7Na2O. The summed E-state index contributed by atoms with van der Waals surface area (Å²) in [5, 5.41) is 9.30. The standard InChI is InChI=1S/C3H7O.2Na/c1-2-3-4;;/h2-3H2,1H3;;/q-1;;+1. The van der Waals surface area contributed by atoms with E-state index in [0.717, 1.165) is 6.42 Å². The normalized spacial score (nSPS) is 5.00. The van der Waals surface area contributed by atoms with Crippen molar-refractivity contribution in [3.05, 3.63) is 0 Å². The van der Waals surface area contributed by atoms with Gasteiger partial charge >= 0.3 is 29.6 Å². The van der Waals surface area contributed by atoms with E-state index in [9.17, 15) is 5.11 Å². The van der Waals surface area contributed by atoms with E-state index in [1.165, 1.54) is 0 Å². The second-order valence-corrected chi connectivity index (χ2v) is 0.704. The molecule has 0 aliphatic heterocycles. The summed E-state index contributed by atoms with van der Waals surface area (Å²) in [5.41, 5.74) is 0. The molecule has 0 fully saturated rings. The SMILES string of the molecule is CCC[O-].[Na+].[Na]. The molecule has 0 aliphatic carbocycles. The molecule has 27 valence electrons. The number of hydrogen-bond donors (Lipinski definition) is 0. The van der Waals surface area contributed by atoms with E-state index < -0.39 is 0 Å². The van der Waals surface area contributed by atoms with Gasteiger partial charge in [0.25, 0.3) is 0 Å². The fourth-order valence-electron chi connectivity index (χ4n) is 0. The Kier molecular flexibility index (Phi) is 41.2. The first-order valence-electron chi connectivity index (χ1n) is 1.50. The summed E-state index contributed by atoms with van der Waals surface area (Å²) in [4.78, 5) is 0. The minimum atomic E-state index is 0. The summed E-state index contributed by atoms with van der Waals surface area (Å²) in [7, 11) is 0. The average Bonchev–Trinajstić information content (AvgIpc) is 1.37. The minimum absolute atomic E-state index is 0. The van der Waals surface area contributed by atoms with E-state index in [-0.39, 0.29) is 65.7 Å². The molecule has 0 spiro atoms. The van der Waals surface area contributed by atoms with Crippen LogP contribution < -0.4 is 34.7 Å². The molecular weight excluding hydrogens is 98.0 g/mol. The van der Waals surface area contributed by atoms with E-state index in [0.29, 0.717) is 0 Å². The van der Waals surface area contributed by atoms with E-state index in [1.807, 2.05) is 6.92 Å². The van der Waals surface area contributed by atoms with Gasteiger partial charge < -0.3 is 5.11 Å². The molecule has 6 heavy (non-hydrogen) atoms. The zero-order valence-electron chi connectivity index (χ0n) is 4.82. The van der Waals surface area contributed by atoms with Crippen molar-refractivity contribution in [1.82, 2.24) is 0 Å². The maximum absolute atomic E-state index is 9.30. The van der Waals surface area contributed by atoms with Crippen LogP contribution in [-0.2, 0) is 0 Å². The van der Waals surface area contributed by atoms with Crippen LogP contribution >= 0.6 is 0 Å². The Bertz CT molecular complexity index is 10.8. The molecule has 1 nitrogen and oxygen atoms in total. The quantitative estimate of drug-likeness (QED) is 0.316. The van der Waals surface area contributed by atoms with Crippen LogP contribution in [0.5, 0.6) is 0 Å². The third-order valence-electron chi connectivity index (χ3n) is 0.204. The molecule has 1 radical (unpaired) electrons. The maximum Gasteiger partial charge on any atom is 1.00 e. The predicted octanol–water partition coefficient (Wildman–Crippen LogP) is -3.62. The fraction of sp³-hybridized carbons (Fsp3) is 1.00. The molecule has 0 saturated carbocycles. The molecule has 3 heteroatoms. The molecule has 0 aliphatic rings. The zero-order valence-corrected chi connectivity index (χ0v) is 8.82. The number of hydrogen-bond acceptors (Lipinski definition) is 1. The number of rotatable bonds is 1. The van der Waals surface area contributed by atoms with Gasteiger partial charge in [0, 0.05) is 29.6 Å². The first-order chi connectivity index (χ1) is 1.91. The summed E-state index contributed by atoms with van der Waals surface area (Å²) in [6.45, 7) is 1.94. The molecule has 0 N–H and O–H groups in total. The summed E-state index contributed by atoms with van der Waals surface area (Å²) < 4.78 is 0. The largest absolute Gasteiger partial charge is 1.00 e. The Morgan fingerprint density at radius 3 is 1.67 bits per heavy atom. The third-order valence-corrected chi connectivity index (χ3v) is 0.204. The van der Waals surface area contributed by atoms with Crippen molar-refractivity contribution in [2.45, 2.75) is 13.3 Å². The van der Waals surface area contributed by atoms with Crippen LogP contribution in [0.3, 0.4) is 0 Å². The topological polar surface area (TPSA) is 23.1 Å². The fourth-order valence-corrected chi connectivity index (χ4v) is 0. The van der Waals surface area contributed by atoms with Gasteiger partial charge in [-0.1, -0.05) is 13.3 Å². The zero-order chi connectivity index (χ0) is 3.41. The van der Waals surface area contributed by atoms with Crippen molar-refractivity contribution in [2.24, 2.45) is 0 Å². The van der Waals surface area contributed by atoms with Gasteiger partial charge in [0.15, 0.2) is 0 Å². The predicted molar refractivity (Wildman–Crippen MR) is 20.9 cm³/mol. The van der Waals surface area contributed by atoms with Crippen molar-refractivity contribution in [3.8, 4) is 0 Å². The van der Waals surface area contributed by atoms with Crippen molar-refractivity contribution in [2.75, 3.05) is 6.61 Å². The van der Waals surface area contributed by atoms with Gasteiger partial charge in [-0.3, -0.25) is 0 Å². The Labute approximate surface area is 83.1 Å². The van der Waals surface area contributed by atoms with E-state index in [1.54, 1.807) is 0 Å². The molecule has 0 aromatic carbocycles. The Morgan fingerprint density at radius 1 is 1.50 bits per heavy atom. The van der Waals surface area contributed by atoms with Crippen LogP contribution in [0, 0.1) is 0 Å². The van der Waals surface area contributed by atoms with Crippen LogP contribution in [0.1, 0.15) is 13.3 Å². The second kappa shape index (κ2) is 15.8. The second-order valence-electron chi connectivity index (χ2n) is 0.704. The first kappa shape index (κ1) is 15.7. The molecule has 0 unspecified atom stereocenters. The molecule has 0 aromatic heterocycles. The molecule has 0 heterocycles. The molecule has 0 saturated heterocycles. The summed E-state index contributed by atoms with van der Waals surface area (Å²) in [5.74, 6) is 0. The third kappa shape index (κ3) is 16.7. The molecule has 0 rings (SSSR count). The van der Waals surface area contributed by atoms with Gasteiger partial charge in [0.05, 0.1) is 0 Å². The first-order valence-corrected chi connectivity index (χ1v) is 1.50. The van der Waals surface area contributed by atoms with Crippen molar-refractivity contribution >= 4 is 29.6 Å². The Hall–Kier alpha value is 1.96. The van der Waals surface area contributed by atoms with Gasteiger partial charge in [0.2, 0.25) is 0 Å². The van der Waals surface area contributed by atoms with Crippen molar-refractivity contribution < 1.29 is 34.7 Å². The van der Waals surface area contributed by atoms with E-state index in [2.05, 4.69) is 0 Å². The molecule has 0 bridgehead atoms. The van der Waals surface area contributed by atoms with Crippen LogP contribution in [-0.4, -0.2) is 36.2 Å². The van der Waals surface area contributed by atoms with Gasteiger partial charge in [-0.25, -0.2) is 0 Å². The average molecular weight is 105 g/mol. The summed E-state index contributed by atoms with van der Waals surface area (Å²) >= 11 is 0. The summed E-state index contributed by atoms with van der Waals surface area (Å²) in [6, 6.07) is 0. The van der Waals surface area contributed by atoms with Crippen molar-refractivity contribution in [1.29, 1.82) is 0 Å². The molecule has 0 aromatic rings. The Balaban J connectivity index is -0.0000000450. The van der Waals surface area contributed by atoms with E-state index >= 15 is 0 Å². The van der Waals surface area contributed by atoms with Crippen LogP contribution in [0.4, 0.5) is 0 Å². The van der Waals surface area contributed by atoms with Gasteiger partial charge in [0.1, 0.15) is 0 Å². The van der Waals surface area contributed by atoms with Crippen LogP contribution in [0.25, 0.3) is 0 Å². The maximum atomic E-state index is 9.30. The van der Waals surface area contributed by atoms with Crippen LogP contribution in [0.15, 0.2) is 0 Å².